The number of hydrazone groups is 1. The summed E-state index contributed by atoms with van der Waals surface area (Å²) in [5.41, 5.74) is 4.97. The van der Waals surface area contributed by atoms with Gasteiger partial charge in [0.2, 0.25) is 0 Å². The molecule has 0 saturated carbocycles. The van der Waals surface area contributed by atoms with Crippen molar-refractivity contribution in [1.29, 1.82) is 0 Å². The van der Waals surface area contributed by atoms with Gasteiger partial charge in [0.25, 0.3) is 5.91 Å². The molecule has 2 aromatic heterocycles. The molecule has 0 aliphatic carbocycles. The second-order valence-corrected chi connectivity index (χ2v) is 5.89. The Labute approximate surface area is 162 Å². The summed E-state index contributed by atoms with van der Waals surface area (Å²) < 4.78 is 10.7. The second kappa shape index (κ2) is 8.77. The number of aryl methyl sites for hydroxylation is 1. The third-order valence-electron chi connectivity index (χ3n) is 3.84. The predicted octanol–water partition coefficient (Wildman–Crippen LogP) is 3.59. The smallest absolute Gasteiger partial charge is 0.338 e. The number of benzene rings is 1. The van der Waals surface area contributed by atoms with Crippen LogP contribution < -0.4 is 5.43 Å². The minimum atomic E-state index is -0.360. The number of aromatic nitrogens is 1. The highest BCUT2D eigenvalue weighted by Gasteiger charge is 2.09. The largest absolute Gasteiger partial charge is 0.462 e. The first-order chi connectivity index (χ1) is 13.6. The van der Waals surface area contributed by atoms with Crippen LogP contribution in [0.25, 0.3) is 11.3 Å². The lowest BCUT2D eigenvalue weighted by molar-refractivity contribution is 0.0526. The number of nitrogens with zero attached hydrogens (tertiary/aromatic N) is 2. The van der Waals surface area contributed by atoms with E-state index in [-0.39, 0.29) is 11.9 Å². The van der Waals surface area contributed by atoms with Gasteiger partial charge in [-0.15, -0.1) is 0 Å². The van der Waals surface area contributed by atoms with Crippen LogP contribution in [0.3, 0.4) is 0 Å². The summed E-state index contributed by atoms with van der Waals surface area (Å²) in [5, 5.41) is 3.90. The van der Waals surface area contributed by atoms with Gasteiger partial charge in [-0.05, 0) is 50.2 Å². The van der Waals surface area contributed by atoms with Crippen LogP contribution in [-0.4, -0.2) is 29.7 Å². The molecular formula is C21H19N3O4. The number of pyridine rings is 1. The molecular weight excluding hydrogens is 358 g/mol. The second-order valence-electron chi connectivity index (χ2n) is 5.89. The van der Waals surface area contributed by atoms with Crippen molar-refractivity contribution in [3.8, 4) is 11.3 Å². The molecule has 1 N–H and O–H groups in total. The molecule has 7 nitrogen and oxygen atoms in total. The Morgan fingerprint density at radius 3 is 2.54 bits per heavy atom. The van der Waals surface area contributed by atoms with Crippen molar-refractivity contribution < 1.29 is 18.7 Å². The number of furan rings is 1. The van der Waals surface area contributed by atoms with E-state index in [4.69, 9.17) is 9.15 Å². The Balaban J connectivity index is 1.62. The molecule has 7 heteroatoms. The lowest BCUT2D eigenvalue weighted by Crippen LogP contribution is -2.17. The van der Waals surface area contributed by atoms with E-state index >= 15 is 0 Å². The summed E-state index contributed by atoms with van der Waals surface area (Å²) in [4.78, 5) is 27.7. The molecule has 0 aliphatic rings. The molecule has 142 valence electrons. The number of carbonyl (C=O) groups is 2. The number of carbonyl (C=O) groups excluding carboxylic acids is 2. The van der Waals surface area contributed by atoms with Gasteiger partial charge in [-0.2, -0.15) is 5.10 Å². The Hall–Kier alpha value is -3.74. The number of ether oxygens (including phenoxy) is 1. The van der Waals surface area contributed by atoms with E-state index in [1.165, 1.54) is 12.4 Å². The summed E-state index contributed by atoms with van der Waals surface area (Å²) >= 11 is 0. The predicted molar refractivity (Wildman–Crippen MR) is 104 cm³/mol. The monoisotopic (exact) mass is 377 g/mol. The van der Waals surface area contributed by atoms with E-state index in [1.807, 2.05) is 6.92 Å². The Morgan fingerprint density at radius 2 is 1.86 bits per heavy atom. The molecule has 28 heavy (non-hydrogen) atoms. The fourth-order valence-electron chi connectivity index (χ4n) is 2.38. The fourth-order valence-corrected chi connectivity index (χ4v) is 2.38. The molecule has 1 aromatic carbocycles. The van der Waals surface area contributed by atoms with Crippen LogP contribution in [0.1, 0.15) is 39.1 Å². The number of rotatable bonds is 6. The van der Waals surface area contributed by atoms with E-state index in [0.29, 0.717) is 29.3 Å². The molecule has 0 bridgehead atoms. The summed E-state index contributed by atoms with van der Waals surface area (Å²) in [5.74, 6) is 0.378. The molecule has 0 fully saturated rings. The minimum absolute atomic E-state index is 0.332. The van der Waals surface area contributed by atoms with Gasteiger partial charge in [0.05, 0.1) is 23.9 Å². The topological polar surface area (TPSA) is 93.8 Å². The summed E-state index contributed by atoms with van der Waals surface area (Å²) in [6, 6.07) is 13.9. The minimum Gasteiger partial charge on any atom is -0.462 e. The first kappa shape index (κ1) is 19.0. The Bertz CT molecular complexity index is 989. The number of hydrogen-bond donors (Lipinski definition) is 1. The average Bonchev–Trinajstić information content (AvgIpc) is 3.17. The molecule has 0 aliphatic heterocycles. The summed E-state index contributed by atoms with van der Waals surface area (Å²) in [6.07, 6.45) is 2.90. The third kappa shape index (κ3) is 4.70. The lowest BCUT2D eigenvalue weighted by Gasteiger charge is -2.02. The van der Waals surface area contributed by atoms with Gasteiger partial charge in [-0.25, -0.2) is 10.2 Å². The highest BCUT2D eigenvalue weighted by molar-refractivity contribution is 5.94. The number of amides is 1. The van der Waals surface area contributed by atoms with Gasteiger partial charge >= 0.3 is 5.97 Å². The molecule has 0 atom stereocenters. The number of nitrogens with one attached hydrogen (secondary N) is 1. The van der Waals surface area contributed by atoms with Crippen LogP contribution in [0.2, 0.25) is 0 Å². The van der Waals surface area contributed by atoms with Gasteiger partial charge in [0.15, 0.2) is 0 Å². The zero-order chi connectivity index (χ0) is 19.9. The van der Waals surface area contributed by atoms with Crippen LogP contribution in [0.15, 0.2) is 64.2 Å². The Morgan fingerprint density at radius 1 is 1.11 bits per heavy atom. The van der Waals surface area contributed by atoms with Crippen molar-refractivity contribution >= 4 is 18.1 Å². The SMILES string of the molecule is CCOC(=O)c1ccc(-c2ccc(/C=N\NC(=O)c3ccc(C)nc3)o2)cc1. The van der Waals surface area contributed by atoms with Crippen LogP contribution in [0.4, 0.5) is 0 Å². The first-order valence-electron chi connectivity index (χ1n) is 8.70. The van der Waals surface area contributed by atoms with E-state index in [2.05, 4.69) is 15.5 Å². The Kier molecular flexibility index (Phi) is 5.96. The summed E-state index contributed by atoms with van der Waals surface area (Å²) in [7, 11) is 0. The van der Waals surface area contributed by atoms with Crippen molar-refractivity contribution in [3.05, 3.63) is 77.3 Å². The van der Waals surface area contributed by atoms with Gasteiger partial charge < -0.3 is 9.15 Å². The maximum absolute atomic E-state index is 12.0. The van der Waals surface area contributed by atoms with Crippen LogP contribution in [0.5, 0.6) is 0 Å². The molecule has 0 spiro atoms. The van der Waals surface area contributed by atoms with Crippen molar-refractivity contribution in [1.82, 2.24) is 10.4 Å². The lowest BCUT2D eigenvalue weighted by atomic mass is 10.1. The first-order valence-corrected chi connectivity index (χ1v) is 8.70. The van der Waals surface area contributed by atoms with E-state index in [1.54, 1.807) is 55.5 Å². The third-order valence-corrected chi connectivity index (χ3v) is 3.84. The van der Waals surface area contributed by atoms with Crippen molar-refractivity contribution in [2.45, 2.75) is 13.8 Å². The molecule has 1 amide bonds. The maximum atomic E-state index is 12.0. The number of esters is 1. The number of hydrogen-bond acceptors (Lipinski definition) is 6. The van der Waals surface area contributed by atoms with Gasteiger partial charge in [0, 0.05) is 17.5 Å². The van der Waals surface area contributed by atoms with E-state index < -0.39 is 0 Å². The zero-order valence-electron chi connectivity index (χ0n) is 15.5. The van der Waals surface area contributed by atoms with Gasteiger partial charge in [0.1, 0.15) is 11.5 Å². The van der Waals surface area contributed by atoms with Crippen molar-refractivity contribution in [3.63, 3.8) is 0 Å². The van der Waals surface area contributed by atoms with E-state index in [9.17, 15) is 9.59 Å². The molecule has 0 radical (unpaired) electrons. The van der Waals surface area contributed by atoms with Crippen molar-refractivity contribution in [2.75, 3.05) is 6.61 Å². The average molecular weight is 377 g/mol. The summed E-state index contributed by atoms with van der Waals surface area (Å²) in [6.45, 7) is 3.94. The molecule has 0 saturated heterocycles. The highest BCUT2D eigenvalue weighted by Crippen LogP contribution is 2.22. The van der Waals surface area contributed by atoms with Crippen LogP contribution >= 0.6 is 0 Å². The quantitative estimate of drug-likeness (QED) is 0.402. The standard InChI is InChI=1S/C21H19N3O4/c1-3-27-21(26)16-8-6-15(7-9-16)19-11-10-18(28-19)13-23-24-20(25)17-5-4-14(2)22-12-17/h4-13H,3H2,1-2H3,(H,24,25)/b23-13-. The molecule has 3 rings (SSSR count). The van der Waals surface area contributed by atoms with E-state index in [0.717, 1.165) is 11.3 Å². The van der Waals surface area contributed by atoms with Gasteiger partial charge in [-0.1, -0.05) is 12.1 Å². The normalized spacial score (nSPS) is 10.8. The van der Waals surface area contributed by atoms with Crippen LogP contribution in [-0.2, 0) is 4.74 Å². The molecule has 0 unspecified atom stereocenters. The van der Waals surface area contributed by atoms with Gasteiger partial charge in [-0.3, -0.25) is 9.78 Å². The highest BCUT2D eigenvalue weighted by atomic mass is 16.5. The van der Waals surface area contributed by atoms with Crippen LogP contribution in [0, 0.1) is 6.92 Å². The fraction of sp³-hybridized carbons (Fsp3) is 0.143. The zero-order valence-corrected chi connectivity index (χ0v) is 15.5. The molecule has 2 heterocycles. The molecule has 3 aromatic rings. The van der Waals surface area contributed by atoms with Crippen molar-refractivity contribution in [2.24, 2.45) is 5.10 Å². The maximum Gasteiger partial charge on any atom is 0.338 e.